The second kappa shape index (κ2) is 6.68. The molecule has 19 heavy (non-hydrogen) atoms. The molecule has 0 spiro atoms. The van der Waals surface area contributed by atoms with E-state index in [1.165, 1.54) is 35.3 Å². The first kappa shape index (κ1) is 15.4. The van der Waals surface area contributed by atoms with Gasteiger partial charge in [-0.3, -0.25) is 4.90 Å². The van der Waals surface area contributed by atoms with Gasteiger partial charge in [-0.1, -0.05) is 6.92 Å². The fourth-order valence-electron chi connectivity index (χ4n) is 2.90. The molecule has 1 saturated heterocycles. The van der Waals surface area contributed by atoms with Crippen molar-refractivity contribution < 1.29 is 0 Å². The van der Waals surface area contributed by atoms with Crippen molar-refractivity contribution in [2.24, 2.45) is 5.73 Å². The third-order valence-corrected chi connectivity index (χ3v) is 6.02. The Hall–Kier alpha value is 0.0600. The lowest BCUT2D eigenvalue weighted by molar-refractivity contribution is 0.0419. The molecule has 5 heteroatoms. The van der Waals surface area contributed by atoms with Crippen molar-refractivity contribution >= 4 is 27.3 Å². The monoisotopic (exact) mass is 345 g/mol. The van der Waals surface area contributed by atoms with E-state index in [4.69, 9.17) is 5.73 Å². The van der Waals surface area contributed by atoms with Crippen molar-refractivity contribution in [3.63, 3.8) is 0 Å². The van der Waals surface area contributed by atoms with Crippen molar-refractivity contribution in [1.29, 1.82) is 0 Å². The van der Waals surface area contributed by atoms with Crippen molar-refractivity contribution in [3.05, 3.63) is 20.8 Å². The molecule has 0 aromatic carbocycles. The third-order valence-electron chi connectivity index (χ3n) is 4.47. The standard InChI is InChI=1S/C14H24BrN3S/c1-3-18-6-4-14(11-16,5-7-18)17(2)9-12-8-13(15)19-10-12/h8,10H,3-7,9,11,16H2,1-2H3. The summed E-state index contributed by atoms with van der Waals surface area (Å²) < 4.78 is 1.21. The van der Waals surface area contributed by atoms with E-state index in [-0.39, 0.29) is 5.54 Å². The maximum atomic E-state index is 6.12. The minimum Gasteiger partial charge on any atom is -0.329 e. The van der Waals surface area contributed by atoms with Crippen LogP contribution in [0.1, 0.15) is 25.3 Å². The largest absolute Gasteiger partial charge is 0.329 e. The lowest BCUT2D eigenvalue weighted by Crippen LogP contribution is -2.57. The summed E-state index contributed by atoms with van der Waals surface area (Å²) in [5.74, 6) is 0. The second-order valence-corrected chi connectivity index (χ2v) is 7.77. The predicted octanol–water partition coefficient (Wildman–Crippen LogP) is 2.76. The van der Waals surface area contributed by atoms with Crippen LogP contribution < -0.4 is 5.73 Å². The van der Waals surface area contributed by atoms with Crippen LogP contribution in [0.2, 0.25) is 0 Å². The van der Waals surface area contributed by atoms with Crippen LogP contribution in [0.25, 0.3) is 0 Å². The molecule has 1 fully saturated rings. The van der Waals surface area contributed by atoms with Crippen molar-refractivity contribution in [2.45, 2.75) is 31.8 Å². The van der Waals surface area contributed by atoms with Crippen LogP contribution in [0.5, 0.6) is 0 Å². The van der Waals surface area contributed by atoms with Crippen LogP contribution in [-0.2, 0) is 6.54 Å². The van der Waals surface area contributed by atoms with Gasteiger partial charge in [0.15, 0.2) is 0 Å². The molecule has 108 valence electrons. The molecule has 1 aliphatic rings. The van der Waals surface area contributed by atoms with Crippen LogP contribution >= 0.6 is 27.3 Å². The SMILES string of the molecule is CCN1CCC(CN)(N(C)Cc2csc(Br)c2)CC1. The maximum Gasteiger partial charge on any atom is 0.0701 e. The van der Waals surface area contributed by atoms with Gasteiger partial charge in [-0.15, -0.1) is 11.3 Å². The molecule has 0 saturated carbocycles. The van der Waals surface area contributed by atoms with E-state index < -0.39 is 0 Å². The van der Waals surface area contributed by atoms with Gasteiger partial charge in [0, 0.05) is 18.6 Å². The van der Waals surface area contributed by atoms with E-state index in [1.807, 2.05) is 0 Å². The first-order chi connectivity index (χ1) is 9.09. The first-order valence-corrected chi connectivity index (χ1v) is 8.63. The third kappa shape index (κ3) is 3.58. The summed E-state index contributed by atoms with van der Waals surface area (Å²) in [7, 11) is 2.22. The number of nitrogens with two attached hydrogens (primary N) is 1. The summed E-state index contributed by atoms with van der Waals surface area (Å²) in [6, 6.07) is 2.21. The molecule has 0 amide bonds. The molecule has 0 atom stereocenters. The average Bonchev–Trinajstić information content (AvgIpc) is 2.84. The molecule has 1 aromatic heterocycles. The summed E-state index contributed by atoms with van der Waals surface area (Å²) in [5.41, 5.74) is 7.68. The van der Waals surface area contributed by atoms with E-state index in [2.05, 4.69) is 51.1 Å². The lowest BCUT2D eigenvalue weighted by atomic mass is 9.85. The molecule has 1 aromatic rings. The van der Waals surface area contributed by atoms with Crippen LogP contribution in [-0.4, -0.2) is 48.6 Å². The number of halogens is 1. The Balaban J connectivity index is 2.00. The number of nitrogens with zero attached hydrogens (tertiary/aromatic N) is 2. The highest BCUT2D eigenvalue weighted by Crippen LogP contribution is 2.30. The molecule has 3 nitrogen and oxygen atoms in total. The summed E-state index contributed by atoms with van der Waals surface area (Å²) in [4.78, 5) is 4.98. The Bertz CT molecular complexity index is 399. The van der Waals surface area contributed by atoms with Crippen molar-refractivity contribution in [2.75, 3.05) is 33.2 Å². The number of rotatable bonds is 5. The summed E-state index contributed by atoms with van der Waals surface area (Å²) >= 11 is 5.29. The number of hydrogen-bond donors (Lipinski definition) is 1. The highest BCUT2D eigenvalue weighted by Gasteiger charge is 2.36. The van der Waals surface area contributed by atoms with E-state index in [0.29, 0.717) is 0 Å². The molecular formula is C14H24BrN3S. The number of likely N-dealkylation sites (N-methyl/N-ethyl adjacent to an activating group) is 1. The number of thiophene rings is 1. The quantitative estimate of drug-likeness (QED) is 0.890. The Morgan fingerprint density at radius 2 is 2.16 bits per heavy atom. The van der Waals surface area contributed by atoms with E-state index >= 15 is 0 Å². The molecule has 0 unspecified atom stereocenters. The van der Waals surface area contributed by atoms with Crippen LogP contribution in [0.15, 0.2) is 15.2 Å². The van der Waals surface area contributed by atoms with Gasteiger partial charge in [0.05, 0.1) is 3.79 Å². The van der Waals surface area contributed by atoms with Gasteiger partial charge in [0.25, 0.3) is 0 Å². The van der Waals surface area contributed by atoms with Gasteiger partial charge in [-0.2, -0.15) is 0 Å². The van der Waals surface area contributed by atoms with Crippen LogP contribution in [0.3, 0.4) is 0 Å². The molecule has 0 radical (unpaired) electrons. The average molecular weight is 346 g/mol. The zero-order valence-corrected chi connectivity index (χ0v) is 14.3. The molecule has 2 N–H and O–H groups in total. The number of likely N-dealkylation sites (tertiary alicyclic amines) is 1. The smallest absolute Gasteiger partial charge is 0.0701 e. The summed E-state index contributed by atoms with van der Waals surface area (Å²) in [6.45, 7) is 7.48. The van der Waals surface area contributed by atoms with E-state index in [9.17, 15) is 0 Å². The Morgan fingerprint density at radius 1 is 1.47 bits per heavy atom. The summed E-state index contributed by atoms with van der Waals surface area (Å²) in [6.07, 6.45) is 2.36. The predicted molar refractivity (Wildman–Crippen MR) is 86.6 cm³/mol. The minimum absolute atomic E-state index is 0.181. The number of hydrogen-bond acceptors (Lipinski definition) is 4. The minimum atomic E-state index is 0.181. The van der Waals surface area contributed by atoms with Crippen molar-refractivity contribution in [3.8, 4) is 0 Å². The molecule has 2 heterocycles. The topological polar surface area (TPSA) is 32.5 Å². The fraction of sp³-hybridized carbons (Fsp3) is 0.714. The van der Waals surface area contributed by atoms with E-state index in [1.54, 1.807) is 11.3 Å². The zero-order valence-electron chi connectivity index (χ0n) is 11.9. The molecular weight excluding hydrogens is 322 g/mol. The highest BCUT2D eigenvalue weighted by atomic mass is 79.9. The first-order valence-electron chi connectivity index (χ1n) is 6.96. The maximum absolute atomic E-state index is 6.12. The van der Waals surface area contributed by atoms with Gasteiger partial charge < -0.3 is 10.6 Å². The van der Waals surface area contributed by atoms with Crippen molar-refractivity contribution in [1.82, 2.24) is 9.80 Å². The molecule has 0 bridgehead atoms. The van der Waals surface area contributed by atoms with E-state index in [0.717, 1.165) is 19.6 Å². The Kier molecular flexibility index (Phi) is 5.43. The highest BCUT2D eigenvalue weighted by molar-refractivity contribution is 9.11. The Labute approximate surface area is 128 Å². The fourth-order valence-corrected chi connectivity index (χ4v) is 4.10. The Morgan fingerprint density at radius 3 is 2.63 bits per heavy atom. The normalized spacial score (nSPS) is 20.1. The van der Waals surface area contributed by atoms with Crippen LogP contribution in [0, 0.1) is 0 Å². The van der Waals surface area contributed by atoms with Gasteiger partial charge in [-0.25, -0.2) is 0 Å². The van der Waals surface area contributed by atoms with Gasteiger partial charge >= 0.3 is 0 Å². The number of piperidine rings is 1. The second-order valence-electron chi connectivity index (χ2n) is 5.48. The van der Waals surface area contributed by atoms with Gasteiger partial charge in [0.2, 0.25) is 0 Å². The van der Waals surface area contributed by atoms with Crippen LogP contribution in [0.4, 0.5) is 0 Å². The van der Waals surface area contributed by atoms with Gasteiger partial charge in [0.1, 0.15) is 0 Å². The molecule has 0 aliphatic carbocycles. The van der Waals surface area contributed by atoms with Gasteiger partial charge in [-0.05, 0) is 72.5 Å². The molecule has 1 aliphatic heterocycles. The zero-order chi connectivity index (χ0) is 13.9. The summed E-state index contributed by atoms with van der Waals surface area (Å²) in [5, 5.41) is 2.23. The lowest BCUT2D eigenvalue weighted by Gasteiger charge is -2.47. The molecule has 2 rings (SSSR count).